The molecule has 0 saturated heterocycles. The molecule has 1 aromatic rings. The number of hydrogen-bond acceptors (Lipinski definition) is 2. The van der Waals surface area contributed by atoms with Gasteiger partial charge < -0.3 is 5.21 Å². The molecule has 0 bridgehead atoms. The number of nitrogens with zero attached hydrogens (tertiary/aromatic N) is 1. The van der Waals surface area contributed by atoms with Gasteiger partial charge >= 0.3 is 0 Å². The summed E-state index contributed by atoms with van der Waals surface area (Å²) in [6.45, 7) is 5.32. The van der Waals surface area contributed by atoms with Crippen molar-refractivity contribution in [2.24, 2.45) is 0 Å². The first-order valence-electron chi connectivity index (χ1n) is 4.10. The van der Waals surface area contributed by atoms with Crippen molar-refractivity contribution in [2.75, 3.05) is 0 Å². The molecule has 0 spiro atoms. The first kappa shape index (κ1) is 10.3. The standard InChI is InChI=1S/C9H12BrNO2/c1-4-7-5(2)11(13)6(3)8(10)9(7)12/h13H,4H2,1-3H3. The maximum absolute atomic E-state index is 11.6. The van der Waals surface area contributed by atoms with Crippen LogP contribution in [0.5, 0.6) is 0 Å². The van der Waals surface area contributed by atoms with E-state index in [-0.39, 0.29) is 5.43 Å². The van der Waals surface area contributed by atoms with Gasteiger partial charge in [0.25, 0.3) is 0 Å². The average Bonchev–Trinajstić information content (AvgIpc) is 2.13. The molecule has 1 rings (SSSR count). The molecule has 4 heteroatoms. The van der Waals surface area contributed by atoms with E-state index in [4.69, 9.17) is 0 Å². The van der Waals surface area contributed by atoms with E-state index in [2.05, 4.69) is 15.9 Å². The Labute approximate surface area is 85.1 Å². The van der Waals surface area contributed by atoms with Crippen LogP contribution in [0.2, 0.25) is 0 Å². The normalized spacial score (nSPS) is 10.5. The second-order valence-corrected chi connectivity index (χ2v) is 3.75. The first-order chi connectivity index (χ1) is 6.00. The molecule has 0 aromatic carbocycles. The lowest BCUT2D eigenvalue weighted by Gasteiger charge is -2.11. The van der Waals surface area contributed by atoms with Crippen LogP contribution in [-0.4, -0.2) is 9.94 Å². The summed E-state index contributed by atoms with van der Waals surface area (Å²) in [5.41, 5.74) is 1.79. The van der Waals surface area contributed by atoms with Crippen LogP contribution in [0.25, 0.3) is 0 Å². The van der Waals surface area contributed by atoms with Gasteiger partial charge in [0.05, 0.1) is 15.9 Å². The monoisotopic (exact) mass is 245 g/mol. The number of rotatable bonds is 1. The fourth-order valence-electron chi connectivity index (χ4n) is 1.35. The van der Waals surface area contributed by atoms with Gasteiger partial charge in [0.15, 0.2) is 5.43 Å². The average molecular weight is 246 g/mol. The second kappa shape index (κ2) is 3.54. The largest absolute Gasteiger partial charge is 0.428 e. The molecule has 0 amide bonds. The van der Waals surface area contributed by atoms with Crippen molar-refractivity contribution >= 4 is 15.9 Å². The summed E-state index contributed by atoms with van der Waals surface area (Å²) in [4.78, 5) is 11.6. The van der Waals surface area contributed by atoms with Gasteiger partial charge in [-0.25, -0.2) is 0 Å². The van der Waals surface area contributed by atoms with Crippen LogP contribution in [0.1, 0.15) is 23.9 Å². The Hall–Kier alpha value is -0.770. The maximum Gasteiger partial charge on any atom is 0.199 e. The SMILES string of the molecule is CCc1c(C)n(O)c(C)c(Br)c1=O. The lowest BCUT2D eigenvalue weighted by Crippen LogP contribution is -2.19. The minimum atomic E-state index is -0.0252. The molecular weight excluding hydrogens is 234 g/mol. The maximum atomic E-state index is 11.6. The molecule has 0 aliphatic rings. The van der Waals surface area contributed by atoms with Crippen LogP contribution < -0.4 is 5.43 Å². The molecule has 0 aliphatic heterocycles. The predicted molar refractivity (Wildman–Crippen MR) is 54.4 cm³/mol. The molecule has 0 fully saturated rings. The van der Waals surface area contributed by atoms with Crippen LogP contribution in [0, 0.1) is 13.8 Å². The van der Waals surface area contributed by atoms with Crippen molar-refractivity contribution in [2.45, 2.75) is 27.2 Å². The van der Waals surface area contributed by atoms with Crippen molar-refractivity contribution in [1.29, 1.82) is 0 Å². The molecule has 1 aromatic heterocycles. The van der Waals surface area contributed by atoms with E-state index in [1.807, 2.05) is 6.92 Å². The number of halogens is 1. The highest BCUT2D eigenvalue weighted by Crippen LogP contribution is 2.14. The van der Waals surface area contributed by atoms with Crippen molar-refractivity contribution in [1.82, 2.24) is 4.73 Å². The van der Waals surface area contributed by atoms with Gasteiger partial charge in [0.1, 0.15) is 0 Å². The minimum absolute atomic E-state index is 0.0252. The van der Waals surface area contributed by atoms with Gasteiger partial charge in [0.2, 0.25) is 0 Å². The van der Waals surface area contributed by atoms with E-state index in [1.54, 1.807) is 13.8 Å². The summed E-state index contributed by atoms with van der Waals surface area (Å²) in [5, 5.41) is 9.57. The third-order valence-corrected chi connectivity index (χ3v) is 3.15. The van der Waals surface area contributed by atoms with Crippen LogP contribution >= 0.6 is 15.9 Å². The number of hydrogen-bond donors (Lipinski definition) is 1. The van der Waals surface area contributed by atoms with E-state index in [1.165, 1.54) is 0 Å². The van der Waals surface area contributed by atoms with Gasteiger partial charge in [-0.05, 0) is 36.2 Å². The van der Waals surface area contributed by atoms with Crippen molar-refractivity contribution in [3.8, 4) is 0 Å². The zero-order valence-corrected chi connectivity index (χ0v) is 9.47. The fraction of sp³-hybridized carbons (Fsp3) is 0.444. The molecule has 3 nitrogen and oxygen atoms in total. The van der Waals surface area contributed by atoms with Crippen molar-refractivity contribution in [3.63, 3.8) is 0 Å². The highest BCUT2D eigenvalue weighted by Gasteiger charge is 2.12. The zero-order chi connectivity index (χ0) is 10.2. The Balaban J connectivity index is 3.67. The summed E-state index contributed by atoms with van der Waals surface area (Å²) in [7, 11) is 0. The smallest absolute Gasteiger partial charge is 0.199 e. The van der Waals surface area contributed by atoms with Gasteiger partial charge in [-0.1, -0.05) is 6.92 Å². The summed E-state index contributed by atoms with van der Waals surface area (Å²) in [6.07, 6.45) is 0.629. The molecule has 0 saturated carbocycles. The van der Waals surface area contributed by atoms with E-state index in [0.29, 0.717) is 27.8 Å². The Morgan fingerprint density at radius 2 is 1.92 bits per heavy atom. The molecule has 0 unspecified atom stereocenters. The topological polar surface area (TPSA) is 42.2 Å². The molecule has 72 valence electrons. The molecule has 1 heterocycles. The quantitative estimate of drug-likeness (QED) is 0.770. The Kier molecular flexibility index (Phi) is 2.81. The highest BCUT2D eigenvalue weighted by atomic mass is 79.9. The zero-order valence-electron chi connectivity index (χ0n) is 7.89. The summed E-state index contributed by atoms with van der Waals surface area (Å²) in [6, 6.07) is 0. The molecule has 13 heavy (non-hydrogen) atoms. The molecule has 1 N–H and O–H groups in total. The highest BCUT2D eigenvalue weighted by molar-refractivity contribution is 9.10. The lowest BCUT2D eigenvalue weighted by atomic mass is 10.1. The van der Waals surface area contributed by atoms with Crippen LogP contribution in [-0.2, 0) is 6.42 Å². The molecule has 0 aliphatic carbocycles. The Morgan fingerprint density at radius 3 is 2.38 bits per heavy atom. The van der Waals surface area contributed by atoms with Gasteiger partial charge in [-0.15, -0.1) is 0 Å². The number of aromatic nitrogens is 1. The minimum Gasteiger partial charge on any atom is -0.428 e. The van der Waals surface area contributed by atoms with Crippen LogP contribution in [0.3, 0.4) is 0 Å². The number of pyridine rings is 1. The van der Waals surface area contributed by atoms with Crippen LogP contribution in [0.15, 0.2) is 9.27 Å². The lowest BCUT2D eigenvalue weighted by molar-refractivity contribution is 0.169. The van der Waals surface area contributed by atoms with Crippen LogP contribution in [0.4, 0.5) is 0 Å². The van der Waals surface area contributed by atoms with Gasteiger partial charge in [0, 0.05) is 5.56 Å². The summed E-state index contributed by atoms with van der Waals surface area (Å²) >= 11 is 3.16. The Morgan fingerprint density at radius 1 is 1.38 bits per heavy atom. The van der Waals surface area contributed by atoms with E-state index >= 15 is 0 Å². The third kappa shape index (κ3) is 1.50. The van der Waals surface area contributed by atoms with Gasteiger partial charge in [-0.3, -0.25) is 4.79 Å². The van der Waals surface area contributed by atoms with E-state index < -0.39 is 0 Å². The Bertz CT molecular complexity index is 396. The predicted octanol–water partition coefficient (Wildman–Crippen LogP) is 2.03. The summed E-state index contributed by atoms with van der Waals surface area (Å²) < 4.78 is 1.49. The van der Waals surface area contributed by atoms with E-state index in [9.17, 15) is 10.0 Å². The summed E-state index contributed by atoms with van der Waals surface area (Å²) in [5.74, 6) is 0. The fourth-order valence-corrected chi connectivity index (χ4v) is 1.76. The third-order valence-electron chi connectivity index (χ3n) is 2.22. The molecule has 0 atom stereocenters. The van der Waals surface area contributed by atoms with Crippen molar-refractivity contribution in [3.05, 3.63) is 31.6 Å². The molecule has 0 radical (unpaired) electrons. The van der Waals surface area contributed by atoms with Gasteiger partial charge in [-0.2, -0.15) is 4.73 Å². The van der Waals surface area contributed by atoms with E-state index in [0.717, 1.165) is 4.73 Å². The first-order valence-corrected chi connectivity index (χ1v) is 4.89. The second-order valence-electron chi connectivity index (χ2n) is 2.96. The molecular formula is C9H12BrNO2. The van der Waals surface area contributed by atoms with Crippen molar-refractivity contribution < 1.29 is 5.21 Å².